The third-order valence-corrected chi connectivity index (χ3v) is 10.5. The molecule has 5 heteroatoms. The van der Waals surface area contributed by atoms with Crippen LogP contribution in [0.2, 0.25) is 18.6 Å². The molecule has 0 N–H and O–H groups in total. The third-order valence-electron chi connectivity index (χ3n) is 5.80. The molecule has 0 aromatic heterocycles. The molecule has 2 nitrogen and oxygen atoms in total. The van der Waals surface area contributed by atoms with Crippen molar-refractivity contribution in [1.82, 2.24) is 0 Å². The quantitative estimate of drug-likeness (QED) is 0.420. The highest BCUT2D eigenvalue weighted by Crippen LogP contribution is 2.60. The van der Waals surface area contributed by atoms with Crippen LogP contribution in [0.4, 0.5) is 0 Å². The first-order valence-electron chi connectivity index (χ1n) is 9.02. The molecular weight excluding hydrogens is 347 g/mol. The third kappa shape index (κ3) is 3.99. The number of rotatable bonds is 6. The van der Waals surface area contributed by atoms with Gasteiger partial charge < -0.3 is 4.43 Å². The van der Waals surface area contributed by atoms with Gasteiger partial charge in [-0.1, -0.05) is 43.0 Å². The Kier molecular flexibility index (Phi) is 5.69. The maximum absolute atomic E-state index is 11.9. The van der Waals surface area contributed by atoms with Crippen molar-refractivity contribution in [2.45, 2.75) is 88.4 Å². The first kappa shape index (κ1) is 19.7. The molecule has 2 saturated carbocycles. The summed E-state index contributed by atoms with van der Waals surface area (Å²) in [6, 6.07) is 0. The van der Waals surface area contributed by atoms with Crippen LogP contribution in [0.15, 0.2) is 0 Å². The molecule has 4 atom stereocenters. The van der Waals surface area contributed by atoms with E-state index in [9.17, 15) is 4.79 Å². The van der Waals surface area contributed by atoms with Gasteiger partial charge >= 0.3 is 0 Å². The van der Waals surface area contributed by atoms with E-state index < -0.39 is 12.7 Å². The van der Waals surface area contributed by atoms with Gasteiger partial charge in [-0.3, -0.25) is 4.79 Å². The van der Waals surface area contributed by atoms with Crippen LogP contribution in [0.1, 0.15) is 59.8 Å². The second kappa shape index (κ2) is 6.62. The first-order chi connectivity index (χ1) is 10.4. The van der Waals surface area contributed by atoms with Crippen LogP contribution in [-0.2, 0) is 9.22 Å². The summed E-state index contributed by atoms with van der Waals surface area (Å²) in [6.07, 6.45) is 5.52. The smallest absolute Gasteiger partial charge is 0.190 e. The molecule has 2 aliphatic carbocycles. The van der Waals surface area contributed by atoms with Gasteiger partial charge in [0, 0.05) is 17.4 Å². The Hall–Kier alpha value is 0.427. The van der Waals surface area contributed by atoms with Crippen LogP contribution >= 0.6 is 23.2 Å². The summed E-state index contributed by atoms with van der Waals surface area (Å²) in [7, 11) is -1.74. The number of ketones is 1. The first-order valence-corrected chi connectivity index (χ1v) is 12.8. The van der Waals surface area contributed by atoms with Crippen molar-refractivity contribution in [2.75, 3.05) is 0 Å². The number of alkyl halides is 2. The van der Waals surface area contributed by atoms with E-state index in [1.807, 2.05) is 0 Å². The average molecular weight is 379 g/mol. The van der Waals surface area contributed by atoms with Gasteiger partial charge in [-0.2, -0.15) is 0 Å². The van der Waals surface area contributed by atoms with Crippen molar-refractivity contribution in [1.29, 1.82) is 0 Å². The molecule has 0 amide bonds. The fourth-order valence-electron chi connectivity index (χ4n) is 4.89. The molecule has 134 valence electrons. The van der Waals surface area contributed by atoms with E-state index in [0.717, 1.165) is 32.1 Å². The number of carbonyl (C=O) groups excluding carboxylic acids is 1. The van der Waals surface area contributed by atoms with Gasteiger partial charge in [-0.05, 0) is 64.6 Å². The Morgan fingerprint density at radius 1 is 1.30 bits per heavy atom. The molecule has 0 aliphatic heterocycles. The molecule has 0 saturated heterocycles. The number of hydrogen-bond donors (Lipinski definition) is 0. The summed E-state index contributed by atoms with van der Waals surface area (Å²) in [6.45, 7) is 13.4. The van der Waals surface area contributed by atoms with Gasteiger partial charge in [0.2, 0.25) is 0 Å². The molecule has 2 fully saturated rings. The van der Waals surface area contributed by atoms with Crippen LogP contribution in [0.25, 0.3) is 0 Å². The van der Waals surface area contributed by atoms with E-state index in [0.29, 0.717) is 11.5 Å². The van der Waals surface area contributed by atoms with E-state index >= 15 is 0 Å². The lowest BCUT2D eigenvalue weighted by Crippen LogP contribution is -2.55. The molecule has 0 aromatic rings. The van der Waals surface area contributed by atoms with Gasteiger partial charge in [0.1, 0.15) is 0 Å². The highest BCUT2D eigenvalue weighted by atomic mass is 35.5. The molecule has 0 bridgehead atoms. The summed E-state index contributed by atoms with van der Waals surface area (Å²) in [5, 5.41) is 0. The lowest BCUT2D eigenvalue weighted by molar-refractivity contribution is -0.135. The maximum atomic E-state index is 11.9. The Morgan fingerprint density at radius 2 is 1.91 bits per heavy atom. The molecule has 0 spiro atoms. The van der Waals surface area contributed by atoms with Crippen molar-refractivity contribution >= 4 is 37.3 Å². The zero-order chi connectivity index (χ0) is 17.6. The van der Waals surface area contributed by atoms with E-state index in [-0.39, 0.29) is 23.2 Å². The van der Waals surface area contributed by atoms with Gasteiger partial charge in [0.25, 0.3) is 0 Å². The highest BCUT2D eigenvalue weighted by Gasteiger charge is 2.64. The predicted octanol–water partition coefficient (Wildman–Crippen LogP) is 5.97. The number of carbonyl (C=O) groups is 1. The standard InChI is InChI=1S/C18H32Cl2O2Si/c1-7-13(23(5,6)22-17(2,3)4)10-8-12-9-11-14-15(12)18(19,20)16(14)21/h12-15H,7-11H2,1-6H3. The minimum Gasteiger partial charge on any atom is -0.412 e. The van der Waals surface area contributed by atoms with Crippen LogP contribution < -0.4 is 0 Å². The lowest BCUT2D eigenvalue weighted by atomic mass is 9.69. The van der Waals surface area contributed by atoms with E-state index in [2.05, 4.69) is 40.8 Å². The zero-order valence-corrected chi connectivity index (χ0v) is 17.9. The van der Waals surface area contributed by atoms with Gasteiger partial charge in [-0.15, -0.1) is 0 Å². The summed E-state index contributed by atoms with van der Waals surface area (Å²) in [5.74, 6) is 0.877. The highest BCUT2D eigenvalue weighted by molar-refractivity contribution is 6.72. The van der Waals surface area contributed by atoms with Crippen molar-refractivity contribution in [3.63, 3.8) is 0 Å². The van der Waals surface area contributed by atoms with Crippen LogP contribution in [0.5, 0.6) is 0 Å². The van der Waals surface area contributed by atoms with Crippen molar-refractivity contribution in [2.24, 2.45) is 17.8 Å². The fraction of sp³-hybridized carbons (Fsp3) is 0.944. The monoisotopic (exact) mass is 378 g/mol. The number of fused-ring (bicyclic) bond motifs is 1. The zero-order valence-electron chi connectivity index (χ0n) is 15.4. The number of Topliss-reactive ketones (excluding diaryl/α,β-unsaturated/α-hetero) is 1. The van der Waals surface area contributed by atoms with Crippen molar-refractivity contribution < 1.29 is 9.22 Å². The molecule has 4 unspecified atom stereocenters. The summed E-state index contributed by atoms with van der Waals surface area (Å²) in [5.41, 5.74) is 0.556. The minimum absolute atomic E-state index is 0.0612. The molecule has 0 radical (unpaired) electrons. The largest absolute Gasteiger partial charge is 0.412 e. The van der Waals surface area contributed by atoms with Crippen LogP contribution in [0.3, 0.4) is 0 Å². The van der Waals surface area contributed by atoms with Crippen LogP contribution in [-0.4, -0.2) is 24.0 Å². The van der Waals surface area contributed by atoms with Crippen LogP contribution in [0, 0.1) is 17.8 Å². The van der Waals surface area contributed by atoms with E-state index in [1.54, 1.807) is 0 Å². The van der Waals surface area contributed by atoms with Gasteiger partial charge in [0.15, 0.2) is 18.4 Å². The second-order valence-corrected chi connectivity index (χ2v) is 14.6. The van der Waals surface area contributed by atoms with Crippen molar-refractivity contribution in [3.8, 4) is 0 Å². The molecular formula is C18H32Cl2O2Si. The summed E-state index contributed by atoms with van der Waals surface area (Å²) in [4.78, 5) is 11.9. The molecule has 0 heterocycles. The minimum atomic E-state index is -1.74. The van der Waals surface area contributed by atoms with Crippen molar-refractivity contribution in [3.05, 3.63) is 0 Å². The molecule has 0 aromatic carbocycles. The Balaban J connectivity index is 1.95. The Labute approximate surface area is 152 Å². The average Bonchev–Trinajstić information content (AvgIpc) is 2.77. The second-order valence-electron chi connectivity index (χ2n) is 8.96. The van der Waals surface area contributed by atoms with E-state index in [4.69, 9.17) is 27.6 Å². The normalized spacial score (nSPS) is 31.7. The SMILES string of the molecule is CCC(CCC1CCC2C(=O)C(Cl)(Cl)C12)[Si](C)(C)OC(C)(C)C. The number of hydrogen-bond acceptors (Lipinski definition) is 2. The van der Waals surface area contributed by atoms with Gasteiger partial charge in [0.05, 0.1) is 0 Å². The summed E-state index contributed by atoms with van der Waals surface area (Å²) >= 11 is 12.6. The topological polar surface area (TPSA) is 26.3 Å². The van der Waals surface area contributed by atoms with Gasteiger partial charge in [-0.25, -0.2) is 0 Å². The molecule has 23 heavy (non-hydrogen) atoms. The van der Waals surface area contributed by atoms with E-state index in [1.165, 1.54) is 0 Å². The molecule has 2 aliphatic rings. The predicted molar refractivity (Wildman–Crippen MR) is 101 cm³/mol. The maximum Gasteiger partial charge on any atom is 0.190 e. The lowest BCUT2D eigenvalue weighted by Gasteiger charge is -2.44. The fourth-order valence-corrected chi connectivity index (χ4v) is 9.43. The molecule has 2 rings (SSSR count). The number of halogens is 2. The summed E-state index contributed by atoms with van der Waals surface area (Å²) < 4.78 is 5.34. The Morgan fingerprint density at radius 3 is 2.43 bits per heavy atom. The Bertz CT molecular complexity index is 456.